The minimum Gasteiger partial charge on any atom is -0.440 e. The van der Waals surface area contributed by atoms with Crippen molar-refractivity contribution in [2.24, 2.45) is 0 Å². The molecule has 0 fully saturated rings. The quantitative estimate of drug-likeness (QED) is 0.612. The lowest BCUT2D eigenvalue weighted by Crippen LogP contribution is -2.32. The molecule has 1 N–H and O–H groups in total. The first kappa shape index (κ1) is 15.8. The van der Waals surface area contributed by atoms with Gasteiger partial charge >= 0.3 is 18.4 Å². The lowest BCUT2D eigenvalue weighted by molar-refractivity contribution is -0.173. The van der Waals surface area contributed by atoms with Crippen molar-refractivity contribution in [1.29, 1.82) is 0 Å². The maximum absolute atomic E-state index is 11.5. The molecule has 0 unspecified atom stereocenters. The van der Waals surface area contributed by atoms with E-state index in [1.807, 2.05) is 0 Å². The highest BCUT2D eigenvalue weighted by Gasteiger charge is 2.29. The Morgan fingerprint density at radius 3 is 2.00 bits per heavy atom. The van der Waals surface area contributed by atoms with Crippen LogP contribution in [0.2, 0.25) is 0 Å². The number of alkyl halides is 6. The first-order chi connectivity index (χ1) is 7.60. The topological polar surface area (TPSA) is 47.6 Å². The Kier molecular flexibility index (Phi) is 6.07. The fourth-order valence-corrected chi connectivity index (χ4v) is 0.612. The van der Waals surface area contributed by atoms with E-state index in [2.05, 4.69) is 9.47 Å². The second-order valence-electron chi connectivity index (χ2n) is 2.79. The number of rotatable bonds is 5. The SMILES string of the molecule is O=C(NCCOCC(F)(F)F)OCC(F)(F)F. The molecule has 0 rings (SSSR count). The predicted octanol–water partition coefficient (Wildman–Crippen LogP) is 1.85. The highest BCUT2D eigenvalue weighted by atomic mass is 19.4. The van der Waals surface area contributed by atoms with Crippen molar-refractivity contribution in [2.45, 2.75) is 12.4 Å². The predicted molar refractivity (Wildman–Crippen MR) is 42.3 cm³/mol. The van der Waals surface area contributed by atoms with Crippen LogP contribution in [-0.4, -0.2) is 44.8 Å². The fraction of sp³-hybridized carbons (Fsp3) is 0.857. The van der Waals surface area contributed by atoms with Crippen LogP contribution >= 0.6 is 0 Å². The van der Waals surface area contributed by atoms with E-state index in [0.29, 0.717) is 0 Å². The third-order valence-corrected chi connectivity index (χ3v) is 1.15. The van der Waals surface area contributed by atoms with Crippen LogP contribution in [0.3, 0.4) is 0 Å². The minimum atomic E-state index is -4.65. The van der Waals surface area contributed by atoms with Crippen molar-refractivity contribution in [3.63, 3.8) is 0 Å². The van der Waals surface area contributed by atoms with E-state index in [-0.39, 0.29) is 6.54 Å². The van der Waals surface area contributed by atoms with Crippen LogP contribution in [0.1, 0.15) is 0 Å². The molecule has 10 heteroatoms. The summed E-state index contributed by atoms with van der Waals surface area (Å²) in [5.41, 5.74) is 0. The van der Waals surface area contributed by atoms with Crippen LogP contribution in [0.25, 0.3) is 0 Å². The zero-order valence-corrected chi connectivity index (χ0v) is 8.32. The molecule has 17 heavy (non-hydrogen) atoms. The first-order valence-corrected chi connectivity index (χ1v) is 4.22. The van der Waals surface area contributed by atoms with Crippen LogP contribution in [0.4, 0.5) is 31.1 Å². The standard InChI is InChI=1S/C7H9F6NO3/c8-6(9,10)3-16-2-1-14-5(15)17-4-7(11,12)13/h1-4H2,(H,14,15). The van der Waals surface area contributed by atoms with Crippen molar-refractivity contribution in [2.75, 3.05) is 26.4 Å². The molecule has 0 saturated heterocycles. The zero-order chi connectivity index (χ0) is 13.5. The van der Waals surface area contributed by atoms with Gasteiger partial charge in [0.1, 0.15) is 6.61 Å². The molecule has 0 heterocycles. The van der Waals surface area contributed by atoms with Gasteiger partial charge in [0.05, 0.1) is 6.61 Å². The molecule has 0 aliphatic heterocycles. The Labute approximate surface area is 91.9 Å². The van der Waals surface area contributed by atoms with Gasteiger partial charge in [-0.3, -0.25) is 0 Å². The van der Waals surface area contributed by atoms with Crippen LogP contribution in [0, 0.1) is 0 Å². The van der Waals surface area contributed by atoms with Gasteiger partial charge in [-0.1, -0.05) is 0 Å². The molecular formula is C7H9F6NO3. The maximum atomic E-state index is 11.5. The average molecular weight is 269 g/mol. The van der Waals surface area contributed by atoms with E-state index < -0.39 is 38.3 Å². The van der Waals surface area contributed by atoms with Gasteiger partial charge in [0.25, 0.3) is 0 Å². The number of amides is 1. The van der Waals surface area contributed by atoms with Gasteiger partial charge in [-0.2, -0.15) is 26.3 Å². The van der Waals surface area contributed by atoms with Crippen molar-refractivity contribution in [3.05, 3.63) is 0 Å². The molecule has 0 radical (unpaired) electrons. The Hall–Kier alpha value is -1.19. The second-order valence-corrected chi connectivity index (χ2v) is 2.79. The Bertz CT molecular complexity index is 239. The normalized spacial score (nSPS) is 12.4. The number of halogens is 6. The smallest absolute Gasteiger partial charge is 0.422 e. The summed E-state index contributed by atoms with van der Waals surface area (Å²) in [7, 11) is 0. The van der Waals surface area contributed by atoms with Crippen molar-refractivity contribution < 1.29 is 40.6 Å². The maximum Gasteiger partial charge on any atom is 0.422 e. The number of carbonyl (C=O) groups excluding carboxylic acids is 1. The summed E-state index contributed by atoms with van der Waals surface area (Å²) in [4.78, 5) is 10.5. The molecule has 0 aromatic carbocycles. The number of nitrogens with one attached hydrogen (secondary N) is 1. The summed E-state index contributed by atoms with van der Waals surface area (Å²) < 4.78 is 77.0. The lowest BCUT2D eigenvalue weighted by Gasteiger charge is -2.10. The van der Waals surface area contributed by atoms with Gasteiger partial charge in [-0.15, -0.1) is 0 Å². The van der Waals surface area contributed by atoms with Crippen LogP contribution in [-0.2, 0) is 9.47 Å². The molecule has 1 amide bonds. The highest BCUT2D eigenvalue weighted by molar-refractivity contribution is 5.67. The van der Waals surface area contributed by atoms with Gasteiger partial charge in [0.2, 0.25) is 0 Å². The number of alkyl carbamates (subject to hydrolysis) is 1. The summed E-state index contributed by atoms with van der Waals surface area (Å²) >= 11 is 0. The second kappa shape index (κ2) is 6.52. The number of hydrogen-bond acceptors (Lipinski definition) is 3. The third-order valence-electron chi connectivity index (χ3n) is 1.15. The number of ether oxygens (including phenoxy) is 2. The summed E-state index contributed by atoms with van der Waals surface area (Å²) in [5, 5.41) is 1.79. The van der Waals surface area contributed by atoms with Crippen LogP contribution in [0.5, 0.6) is 0 Å². The number of carbonyl (C=O) groups is 1. The minimum absolute atomic E-state index is 0.382. The third kappa shape index (κ3) is 12.7. The summed E-state index contributed by atoms with van der Waals surface area (Å²) in [6.45, 7) is -4.12. The molecule has 4 nitrogen and oxygen atoms in total. The molecule has 0 atom stereocenters. The Balaban J connectivity index is 3.47. The van der Waals surface area contributed by atoms with Gasteiger partial charge < -0.3 is 14.8 Å². The van der Waals surface area contributed by atoms with Gasteiger partial charge in [0, 0.05) is 6.54 Å². The van der Waals surface area contributed by atoms with Crippen LogP contribution in [0.15, 0.2) is 0 Å². The Morgan fingerprint density at radius 2 is 1.53 bits per heavy atom. The van der Waals surface area contributed by atoms with Crippen molar-refractivity contribution in [1.82, 2.24) is 5.32 Å². The Morgan fingerprint density at radius 1 is 1.00 bits per heavy atom. The largest absolute Gasteiger partial charge is 0.440 e. The summed E-state index contributed by atoms with van der Waals surface area (Å²) in [6.07, 6.45) is -10.5. The van der Waals surface area contributed by atoms with Gasteiger partial charge in [-0.25, -0.2) is 4.79 Å². The molecule has 0 aliphatic carbocycles. The van der Waals surface area contributed by atoms with E-state index in [4.69, 9.17) is 0 Å². The summed E-state index contributed by atoms with van der Waals surface area (Å²) in [5.74, 6) is 0. The highest BCUT2D eigenvalue weighted by Crippen LogP contribution is 2.14. The van der Waals surface area contributed by atoms with E-state index >= 15 is 0 Å². The molecule has 102 valence electrons. The van der Waals surface area contributed by atoms with E-state index in [1.165, 1.54) is 0 Å². The monoisotopic (exact) mass is 269 g/mol. The molecule has 0 aromatic rings. The van der Waals surface area contributed by atoms with E-state index in [1.54, 1.807) is 5.32 Å². The van der Waals surface area contributed by atoms with Crippen molar-refractivity contribution >= 4 is 6.09 Å². The van der Waals surface area contributed by atoms with Gasteiger partial charge in [0.15, 0.2) is 6.61 Å². The van der Waals surface area contributed by atoms with E-state index in [0.717, 1.165) is 0 Å². The molecule has 0 saturated carbocycles. The molecule has 0 spiro atoms. The molecule has 0 aromatic heterocycles. The fourth-order valence-electron chi connectivity index (χ4n) is 0.612. The zero-order valence-electron chi connectivity index (χ0n) is 8.32. The molecule has 0 aliphatic rings. The average Bonchev–Trinajstić information content (AvgIpc) is 2.11. The molecular weight excluding hydrogens is 260 g/mol. The van der Waals surface area contributed by atoms with E-state index in [9.17, 15) is 31.1 Å². The van der Waals surface area contributed by atoms with Gasteiger partial charge in [-0.05, 0) is 0 Å². The van der Waals surface area contributed by atoms with Crippen molar-refractivity contribution in [3.8, 4) is 0 Å². The summed E-state index contributed by atoms with van der Waals surface area (Å²) in [6, 6.07) is 0. The number of hydrogen-bond donors (Lipinski definition) is 1. The molecule has 0 bridgehead atoms. The first-order valence-electron chi connectivity index (χ1n) is 4.22. The lowest BCUT2D eigenvalue weighted by atomic mass is 10.6. The van der Waals surface area contributed by atoms with Crippen LogP contribution < -0.4 is 5.32 Å².